The fourth-order valence-electron chi connectivity index (χ4n) is 2.60. The largest absolute Gasteiger partial charge is 0.481 e. The van der Waals surface area contributed by atoms with E-state index in [1.165, 1.54) is 18.2 Å². The molecule has 0 spiro atoms. The van der Waals surface area contributed by atoms with Crippen LogP contribution in [0, 0.1) is 0 Å². The molecule has 0 aliphatic carbocycles. The number of amides is 3. The van der Waals surface area contributed by atoms with Gasteiger partial charge in [0.2, 0.25) is 17.7 Å². The van der Waals surface area contributed by atoms with Crippen molar-refractivity contribution in [1.82, 2.24) is 14.8 Å². The summed E-state index contributed by atoms with van der Waals surface area (Å²) in [5, 5.41) is 0. The first-order valence-corrected chi connectivity index (χ1v) is 6.74. The molecule has 2 saturated heterocycles. The van der Waals surface area contributed by atoms with E-state index in [4.69, 9.17) is 4.74 Å². The highest BCUT2D eigenvalue weighted by molar-refractivity contribution is 6.03. The van der Waals surface area contributed by atoms with Crippen molar-refractivity contribution in [2.75, 3.05) is 20.2 Å². The summed E-state index contributed by atoms with van der Waals surface area (Å²) in [4.78, 5) is 42.3. The number of hydrogen-bond donors (Lipinski definition) is 0. The van der Waals surface area contributed by atoms with Crippen LogP contribution in [0.15, 0.2) is 18.3 Å². The highest BCUT2D eigenvalue weighted by Crippen LogP contribution is 2.23. The van der Waals surface area contributed by atoms with Gasteiger partial charge in [-0.3, -0.25) is 19.3 Å². The lowest BCUT2D eigenvalue weighted by molar-refractivity contribution is -0.144. The molecule has 0 N–H and O–H groups in total. The highest BCUT2D eigenvalue weighted by Gasteiger charge is 2.42. The van der Waals surface area contributed by atoms with Gasteiger partial charge in [0, 0.05) is 38.2 Å². The monoisotopic (exact) mass is 289 g/mol. The van der Waals surface area contributed by atoms with E-state index in [9.17, 15) is 14.4 Å². The topological polar surface area (TPSA) is 79.8 Å². The van der Waals surface area contributed by atoms with Gasteiger partial charge in [0.25, 0.3) is 5.91 Å². The lowest BCUT2D eigenvalue weighted by Gasteiger charge is -2.42. The van der Waals surface area contributed by atoms with Crippen LogP contribution in [-0.4, -0.2) is 58.7 Å². The van der Waals surface area contributed by atoms with E-state index in [1.54, 1.807) is 17.0 Å². The van der Waals surface area contributed by atoms with Crippen LogP contribution in [-0.2, 0) is 9.59 Å². The Labute approximate surface area is 121 Å². The predicted molar refractivity (Wildman–Crippen MR) is 71.6 cm³/mol. The molecule has 0 unspecified atom stereocenters. The Kier molecular flexibility index (Phi) is 3.32. The molecule has 2 aliphatic heterocycles. The normalized spacial score (nSPS) is 18.9. The van der Waals surface area contributed by atoms with Crippen LogP contribution < -0.4 is 4.74 Å². The fraction of sp³-hybridized carbons (Fsp3) is 0.429. The summed E-state index contributed by atoms with van der Waals surface area (Å²) < 4.78 is 4.94. The second-order valence-electron chi connectivity index (χ2n) is 5.11. The van der Waals surface area contributed by atoms with Gasteiger partial charge >= 0.3 is 0 Å². The number of likely N-dealkylation sites (tertiary alicyclic amines) is 2. The summed E-state index contributed by atoms with van der Waals surface area (Å²) in [6.07, 6.45) is 2.03. The first kappa shape index (κ1) is 13.5. The molecule has 7 nitrogen and oxygen atoms in total. The third-order valence-corrected chi connectivity index (χ3v) is 3.80. The van der Waals surface area contributed by atoms with Gasteiger partial charge in [-0.05, 0) is 6.07 Å². The molecule has 2 aliphatic rings. The maximum atomic E-state index is 12.2. The van der Waals surface area contributed by atoms with E-state index in [-0.39, 0.29) is 36.6 Å². The fourth-order valence-corrected chi connectivity index (χ4v) is 2.60. The van der Waals surface area contributed by atoms with Crippen molar-refractivity contribution < 1.29 is 19.1 Å². The lowest BCUT2D eigenvalue weighted by atomic mass is 10.1. The number of imide groups is 1. The molecule has 2 fully saturated rings. The van der Waals surface area contributed by atoms with Crippen LogP contribution in [0.5, 0.6) is 5.88 Å². The van der Waals surface area contributed by atoms with Crippen molar-refractivity contribution in [2.45, 2.75) is 18.9 Å². The quantitative estimate of drug-likeness (QED) is 0.735. The maximum Gasteiger partial charge on any atom is 0.255 e. The molecule has 110 valence electrons. The average Bonchev–Trinajstić information content (AvgIpc) is 2.78. The molecular formula is C14H15N3O4. The minimum Gasteiger partial charge on any atom is -0.481 e. The van der Waals surface area contributed by atoms with Gasteiger partial charge in [0.1, 0.15) is 0 Å². The van der Waals surface area contributed by atoms with Crippen molar-refractivity contribution in [3.63, 3.8) is 0 Å². The molecule has 1 aromatic rings. The van der Waals surface area contributed by atoms with E-state index in [0.29, 0.717) is 24.5 Å². The number of ether oxygens (including phenoxy) is 1. The molecule has 3 rings (SSSR count). The van der Waals surface area contributed by atoms with Crippen LogP contribution in [0.1, 0.15) is 23.2 Å². The molecular weight excluding hydrogens is 274 g/mol. The molecule has 7 heteroatoms. The Morgan fingerprint density at radius 3 is 2.43 bits per heavy atom. The van der Waals surface area contributed by atoms with Gasteiger partial charge in [-0.25, -0.2) is 4.98 Å². The average molecular weight is 289 g/mol. The SMILES string of the molecule is COc1ccc(C(=O)N2CC(N3C(=O)CCC3=O)C2)cn1. The van der Waals surface area contributed by atoms with Crippen molar-refractivity contribution in [3.8, 4) is 5.88 Å². The zero-order valence-corrected chi connectivity index (χ0v) is 11.6. The Bertz CT molecular complexity index is 577. The number of methoxy groups -OCH3 is 1. The standard InChI is InChI=1S/C14H15N3O4/c1-21-11-3-2-9(6-15-11)14(20)16-7-10(8-16)17-12(18)4-5-13(17)19/h2-3,6,10H,4-5,7-8H2,1H3. The van der Waals surface area contributed by atoms with Gasteiger partial charge < -0.3 is 9.64 Å². The summed E-state index contributed by atoms with van der Waals surface area (Å²) in [5.41, 5.74) is 0.466. The summed E-state index contributed by atoms with van der Waals surface area (Å²) in [5.74, 6) is 0.0215. The number of aromatic nitrogens is 1. The molecule has 1 aromatic heterocycles. The molecule has 0 atom stereocenters. The van der Waals surface area contributed by atoms with E-state index in [2.05, 4.69) is 4.98 Å². The molecule has 21 heavy (non-hydrogen) atoms. The molecule has 0 radical (unpaired) electrons. The first-order chi connectivity index (χ1) is 10.1. The van der Waals surface area contributed by atoms with Crippen LogP contribution in [0.3, 0.4) is 0 Å². The second-order valence-corrected chi connectivity index (χ2v) is 5.11. The molecule has 0 bridgehead atoms. The van der Waals surface area contributed by atoms with Gasteiger partial charge in [-0.15, -0.1) is 0 Å². The number of carbonyl (C=O) groups is 3. The summed E-state index contributed by atoms with van der Waals surface area (Å²) in [6.45, 7) is 0.782. The van der Waals surface area contributed by atoms with E-state index >= 15 is 0 Å². The first-order valence-electron chi connectivity index (χ1n) is 6.74. The van der Waals surface area contributed by atoms with E-state index in [0.717, 1.165) is 0 Å². The Morgan fingerprint density at radius 1 is 1.24 bits per heavy atom. The molecule has 0 saturated carbocycles. The maximum absolute atomic E-state index is 12.2. The molecule has 3 heterocycles. The van der Waals surface area contributed by atoms with Crippen LogP contribution in [0.25, 0.3) is 0 Å². The van der Waals surface area contributed by atoms with Gasteiger partial charge in [-0.2, -0.15) is 0 Å². The zero-order valence-electron chi connectivity index (χ0n) is 11.6. The number of rotatable bonds is 3. The summed E-state index contributed by atoms with van der Waals surface area (Å²) in [6, 6.07) is 3.09. The number of carbonyl (C=O) groups excluding carboxylic acids is 3. The van der Waals surface area contributed by atoms with E-state index in [1.807, 2.05) is 0 Å². The molecule has 0 aromatic carbocycles. The van der Waals surface area contributed by atoms with Gasteiger partial charge in [0.15, 0.2) is 0 Å². The van der Waals surface area contributed by atoms with Crippen molar-refractivity contribution in [2.24, 2.45) is 0 Å². The lowest BCUT2D eigenvalue weighted by Crippen LogP contribution is -2.62. The zero-order chi connectivity index (χ0) is 15.0. The minimum absolute atomic E-state index is 0.136. The third-order valence-electron chi connectivity index (χ3n) is 3.80. The van der Waals surface area contributed by atoms with Crippen LogP contribution >= 0.6 is 0 Å². The summed E-state index contributed by atoms with van der Waals surface area (Å²) in [7, 11) is 1.51. The van der Waals surface area contributed by atoms with E-state index < -0.39 is 0 Å². The number of hydrogen-bond acceptors (Lipinski definition) is 5. The minimum atomic E-state index is -0.178. The molecule has 3 amide bonds. The summed E-state index contributed by atoms with van der Waals surface area (Å²) >= 11 is 0. The van der Waals surface area contributed by atoms with Crippen molar-refractivity contribution in [1.29, 1.82) is 0 Å². The predicted octanol–water partition coefficient (Wildman–Crippen LogP) is 0.0636. The van der Waals surface area contributed by atoms with Gasteiger partial charge in [-0.1, -0.05) is 0 Å². The Morgan fingerprint density at radius 2 is 1.90 bits per heavy atom. The third kappa shape index (κ3) is 2.35. The smallest absolute Gasteiger partial charge is 0.255 e. The Hall–Kier alpha value is -2.44. The van der Waals surface area contributed by atoms with Crippen LogP contribution in [0.2, 0.25) is 0 Å². The Balaban J connectivity index is 1.61. The number of nitrogens with zero attached hydrogens (tertiary/aromatic N) is 3. The van der Waals surface area contributed by atoms with Gasteiger partial charge in [0.05, 0.1) is 18.7 Å². The highest BCUT2D eigenvalue weighted by atomic mass is 16.5. The van der Waals surface area contributed by atoms with Crippen molar-refractivity contribution >= 4 is 17.7 Å². The number of pyridine rings is 1. The van der Waals surface area contributed by atoms with Crippen molar-refractivity contribution in [3.05, 3.63) is 23.9 Å². The second kappa shape index (κ2) is 5.16. The van der Waals surface area contributed by atoms with Crippen LogP contribution in [0.4, 0.5) is 0 Å².